The number of anilines is 2. The highest BCUT2D eigenvalue weighted by Gasteiger charge is 2.24. The van der Waals surface area contributed by atoms with Crippen LogP contribution < -0.4 is 15.5 Å². The number of carbonyl (C=O) groups excluding carboxylic acids is 2. The first-order chi connectivity index (χ1) is 14.3. The summed E-state index contributed by atoms with van der Waals surface area (Å²) in [5.41, 5.74) is 3.07. The van der Waals surface area contributed by atoms with Crippen LogP contribution in [-0.4, -0.2) is 36.7 Å². The van der Waals surface area contributed by atoms with E-state index in [1.807, 2.05) is 36.9 Å². The summed E-state index contributed by atoms with van der Waals surface area (Å²) >= 11 is 0.467. The zero-order chi connectivity index (χ0) is 21.7. The molecule has 30 heavy (non-hydrogen) atoms. The average molecular weight is 434 g/mol. The van der Waals surface area contributed by atoms with Gasteiger partial charge in [0.1, 0.15) is 0 Å². The molecule has 2 aromatic carbocycles. The molecule has 2 amide bonds. The van der Waals surface area contributed by atoms with E-state index in [1.54, 1.807) is 24.3 Å². The SMILES string of the molecule is CC(C)NC(=O)c1cccc2c1CCCN2CC(=O)Nc1ccc(SC(F)F)cc1. The highest BCUT2D eigenvalue weighted by atomic mass is 32.2. The van der Waals surface area contributed by atoms with E-state index in [4.69, 9.17) is 0 Å². The molecule has 0 unspecified atom stereocenters. The largest absolute Gasteiger partial charge is 0.362 e. The van der Waals surface area contributed by atoms with Gasteiger partial charge in [-0.15, -0.1) is 0 Å². The number of fused-ring (bicyclic) bond motifs is 1. The smallest absolute Gasteiger partial charge is 0.288 e. The van der Waals surface area contributed by atoms with Crippen molar-refractivity contribution in [2.45, 2.75) is 43.4 Å². The lowest BCUT2D eigenvalue weighted by Crippen LogP contribution is -2.38. The van der Waals surface area contributed by atoms with Gasteiger partial charge in [-0.25, -0.2) is 0 Å². The normalized spacial score (nSPS) is 13.3. The third kappa shape index (κ3) is 5.72. The molecule has 2 N–H and O–H groups in total. The Morgan fingerprint density at radius 3 is 2.53 bits per heavy atom. The molecule has 1 aliphatic rings. The van der Waals surface area contributed by atoms with Gasteiger partial charge in [-0.1, -0.05) is 17.8 Å². The molecule has 5 nitrogen and oxygen atoms in total. The Bertz CT molecular complexity index is 904. The number of benzene rings is 2. The zero-order valence-electron chi connectivity index (χ0n) is 17.0. The molecule has 0 saturated carbocycles. The van der Waals surface area contributed by atoms with Crippen LogP contribution in [0.25, 0.3) is 0 Å². The molecule has 3 rings (SSSR count). The maximum absolute atomic E-state index is 12.6. The lowest BCUT2D eigenvalue weighted by molar-refractivity contribution is -0.115. The fourth-order valence-electron chi connectivity index (χ4n) is 3.51. The van der Waals surface area contributed by atoms with Gasteiger partial charge in [0, 0.05) is 34.4 Å². The maximum Gasteiger partial charge on any atom is 0.288 e. The van der Waals surface area contributed by atoms with Gasteiger partial charge >= 0.3 is 0 Å². The molecule has 0 radical (unpaired) electrons. The van der Waals surface area contributed by atoms with Crippen molar-refractivity contribution in [3.8, 4) is 0 Å². The molecule has 160 valence electrons. The molecule has 0 fully saturated rings. The molecule has 8 heteroatoms. The Morgan fingerprint density at radius 1 is 1.13 bits per heavy atom. The van der Waals surface area contributed by atoms with Crippen LogP contribution in [0.2, 0.25) is 0 Å². The van der Waals surface area contributed by atoms with Crippen molar-refractivity contribution < 1.29 is 18.4 Å². The summed E-state index contributed by atoms with van der Waals surface area (Å²) in [6.45, 7) is 4.71. The number of halogens is 2. The molecule has 0 spiro atoms. The van der Waals surface area contributed by atoms with E-state index in [0.717, 1.165) is 30.6 Å². The van der Waals surface area contributed by atoms with Crippen molar-refractivity contribution in [2.24, 2.45) is 0 Å². The van der Waals surface area contributed by atoms with Crippen LogP contribution in [0.5, 0.6) is 0 Å². The van der Waals surface area contributed by atoms with Crippen LogP contribution in [0.15, 0.2) is 47.4 Å². The standard InChI is InChI=1S/C22H25F2N3O2S/c1-14(2)25-21(29)18-5-3-7-19-17(18)6-4-12-27(19)13-20(28)26-15-8-10-16(11-9-15)30-22(23)24/h3,5,7-11,14,22H,4,6,12-13H2,1-2H3,(H,25,29)(H,26,28). The Labute approximate surface area is 179 Å². The number of nitrogens with zero attached hydrogens (tertiary/aromatic N) is 1. The molecular weight excluding hydrogens is 408 g/mol. The maximum atomic E-state index is 12.6. The Hall–Kier alpha value is -2.61. The van der Waals surface area contributed by atoms with E-state index in [9.17, 15) is 18.4 Å². The number of alkyl halides is 2. The molecule has 0 saturated heterocycles. The number of carbonyl (C=O) groups is 2. The minimum atomic E-state index is -2.47. The molecule has 1 aliphatic heterocycles. The highest BCUT2D eigenvalue weighted by molar-refractivity contribution is 7.99. The molecule has 1 heterocycles. The summed E-state index contributed by atoms with van der Waals surface area (Å²) in [6, 6.07) is 12.0. The summed E-state index contributed by atoms with van der Waals surface area (Å²) in [5.74, 6) is -2.78. The number of nitrogens with one attached hydrogen (secondary N) is 2. The van der Waals surface area contributed by atoms with Gasteiger partial charge in [-0.3, -0.25) is 9.59 Å². The Balaban J connectivity index is 1.68. The summed E-state index contributed by atoms with van der Waals surface area (Å²) in [6.07, 6.45) is 1.64. The lowest BCUT2D eigenvalue weighted by atomic mass is 9.95. The van der Waals surface area contributed by atoms with E-state index in [-0.39, 0.29) is 24.4 Å². The summed E-state index contributed by atoms with van der Waals surface area (Å²) in [7, 11) is 0. The second kappa shape index (κ2) is 9.93. The topological polar surface area (TPSA) is 61.4 Å². The van der Waals surface area contributed by atoms with Crippen LogP contribution in [0.3, 0.4) is 0 Å². The summed E-state index contributed by atoms with van der Waals surface area (Å²) < 4.78 is 24.8. The second-order valence-corrected chi connectivity index (χ2v) is 8.47. The Kier molecular flexibility index (Phi) is 7.31. The van der Waals surface area contributed by atoms with E-state index >= 15 is 0 Å². The quantitative estimate of drug-likeness (QED) is 0.630. The predicted molar refractivity (Wildman–Crippen MR) is 117 cm³/mol. The van der Waals surface area contributed by atoms with E-state index < -0.39 is 5.76 Å². The summed E-state index contributed by atoms with van der Waals surface area (Å²) in [4.78, 5) is 27.5. The van der Waals surface area contributed by atoms with Crippen molar-refractivity contribution in [3.63, 3.8) is 0 Å². The third-order valence-electron chi connectivity index (χ3n) is 4.71. The van der Waals surface area contributed by atoms with Crippen LogP contribution in [0.1, 0.15) is 36.2 Å². The van der Waals surface area contributed by atoms with E-state index in [0.29, 0.717) is 27.9 Å². The van der Waals surface area contributed by atoms with Crippen LogP contribution >= 0.6 is 11.8 Å². The van der Waals surface area contributed by atoms with Crippen LogP contribution in [0, 0.1) is 0 Å². The average Bonchev–Trinajstić information content (AvgIpc) is 2.68. The number of rotatable bonds is 7. The number of thioether (sulfide) groups is 1. The fraction of sp³-hybridized carbons (Fsp3) is 0.364. The predicted octanol–water partition coefficient (Wildman–Crippen LogP) is 4.53. The molecule has 0 aromatic heterocycles. The number of hydrogen-bond acceptors (Lipinski definition) is 4. The Morgan fingerprint density at radius 2 is 1.87 bits per heavy atom. The van der Waals surface area contributed by atoms with Gasteiger partial charge in [-0.05, 0) is 68.7 Å². The van der Waals surface area contributed by atoms with Crippen LogP contribution in [0.4, 0.5) is 20.2 Å². The van der Waals surface area contributed by atoms with Crippen molar-refractivity contribution in [1.29, 1.82) is 0 Å². The van der Waals surface area contributed by atoms with Gasteiger partial charge in [-0.2, -0.15) is 8.78 Å². The highest BCUT2D eigenvalue weighted by Crippen LogP contribution is 2.30. The minimum Gasteiger partial charge on any atom is -0.362 e. The van der Waals surface area contributed by atoms with Gasteiger partial charge in [0.05, 0.1) is 6.54 Å². The van der Waals surface area contributed by atoms with Crippen molar-refractivity contribution in [3.05, 3.63) is 53.6 Å². The monoisotopic (exact) mass is 433 g/mol. The first-order valence-corrected chi connectivity index (χ1v) is 10.7. The number of hydrogen-bond donors (Lipinski definition) is 2. The van der Waals surface area contributed by atoms with Crippen molar-refractivity contribution in [2.75, 3.05) is 23.3 Å². The number of amides is 2. The first-order valence-electron chi connectivity index (χ1n) is 9.86. The van der Waals surface area contributed by atoms with Gasteiger partial charge in [0.25, 0.3) is 11.7 Å². The zero-order valence-corrected chi connectivity index (χ0v) is 17.8. The van der Waals surface area contributed by atoms with Crippen molar-refractivity contribution >= 4 is 35.0 Å². The fourth-order valence-corrected chi connectivity index (χ4v) is 4.01. The van der Waals surface area contributed by atoms with Crippen molar-refractivity contribution in [1.82, 2.24) is 5.32 Å². The molecular formula is C22H25F2N3O2S. The molecule has 0 aliphatic carbocycles. The molecule has 0 bridgehead atoms. The second-order valence-electron chi connectivity index (χ2n) is 7.41. The first kappa shape index (κ1) is 22.1. The van der Waals surface area contributed by atoms with Gasteiger partial charge < -0.3 is 15.5 Å². The molecule has 2 aromatic rings. The lowest BCUT2D eigenvalue weighted by Gasteiger charge is -2.32. The van der Waals surface area contributed by atoms with Gasteiger partial charge in [0.15, 0.2) is 0 Å². The van der Waals surface area contributed by atoms with Crippen LogP contribution in [-0.2, 0) is 11.2 Å². The minimum absolute atomic E-state index is 0.0457. The van der Waals surface area contributed by atoms with E-state index in [2.05, 4.69) is 10.6 Å². The van der Waals surface area contributed by atoms with E-state index in [1.165, 1.54) is 0 Å². The summed E-state index contributed by atoms with van der Waals surface area (Å²) in [5, 5.41) is 5.74. The van der Waals surface area contributed by atoms with Gasteiger partial charge in [0.2, 0.25) is 5.91 Å². The third-order valence-corrected chi connectivity index (χ3v) is 5.43. The molecule has 0 atom stereocenters.